The number of carboxylic acid groups (broad SMARTS) is 2. The van der Waals surface area contributed by atoms with Crippen LogP contribution in [0.25, 0.3) is 0 Å². The highest BCUT2D eigenvalue weighted by Gasteiger charge is 2.39. The van der Waals surface area contributed by atoms with Gasteiger partial charge in [0, 0.05) is 50.7 Å². The molecule has 0 aliphatic heterocycles. The van der Waals surface area contributed by atoms with E-state index in [9.17, 15) is 107 Å². The first-order valence-electron chi connectivity index (χ1n) is 36.2. The third-order valence-corrected chi connectivity index (χ3v) is 16.8. The standard InChI is InChI=1S/C68H111N23O22/c1-32(2)23-43(58(104)83-42(66(112)113)16-12-22-77-68(73)74)85-65(111)52(34(5)6)91-57(103)40(17-19-49(70)96)81-60(106)45(25-37-26-75-31-78-37)84-53(99)35(7)79-55(101)39(15-11-21-76-67(71)72)80-56(102)41(18-20-50(97)98)82-61(107)46(28-93)88-63(109)48(30-95)89-62(108)47(29-94)87-59(105)44(24-36-13-9-8-10-14-36)86-64(110)51(33(3)4)90-54(100)38(69)27-92/h8-10,13-14,26,31-35,38-48,51-52,92-95H,11-12,15-25,27-30,69H2,1-7H3,(H2,70,96)(H,75,78)(H,79,101)(H,80,102)(H,81,106)(H,82,107)(H,83,104)(H,84,99)(H,85,111)(H,86,110)(H,87,105)(H,88,109)(H,89,108)(H,90,100)(H,91,103)(H,97,98)(H,112,113)(H4,71,72,76)(H4,73,74,77)/t35-,38-,39-,40-,41-,42-,43-,44-,45-,46-,47-,48-,51-,52-/m0/s1. The highest BCUT2D eigenvalue weighted by Crippen LogP contribution is 2.14. The highest BCUT2D eigenvalue weighted by atomic mass is 16.4. The first kappa shape index (κ1) is 97.4. The van der Waals surface area contributed by atoms with Gasteiger partial charge in [0.25, 0.3) is 0 Å². The number of nitrogens with two attached hydrogens (primary N) is 6. The van der Waals surface area contributed by atoms with Gasteiger partial charge >= 0.3 is 11.9 Å². The molecule has 0 saturated carbocycles. The van der Waals surface area contributed by atoms with Crippen molar-refractivity contribution in [3.63, 3.8) is 0 Å². The van der Waals surface area contributed by atoms with Crippen LogP contribution in [0.2, 0.25) is 0 Å². The smallest absolute Gasteiger partial charge is 0.326 e. The maximum Gasteiger partial charge on any atom is 0.326 e. The van der Waals surface area contributed by atoms with Gasteiger partial charge in [-0.25, -0.2) is 9.78 Å². The summed E-state index contributed by atoms with van der Waals surface area (Å²) in [5, 5.41) is 90.7. The summed E-state index contributed by atoms with van der Waals surface area (Å²) in [5.74, 6) is -20.2. The van der Waals surface area contributed by atoms with Gasteiger partial charge in [0.05, 0.1) is 32.8 Å². The highest BCUT2D eigenvalue weighted by molar-refractivity contribution is 6.00. The van der Waals surface area contributed by atoms with Crippen molar-refractivity contribution >= 4 is 107 Å². The van der Waals surface area contributed by atoms with E-state index in [-0.39, 0.29) is 81.6 Å². The van der Waals surface area contributed by atoms with Crippen LogP contribution in [-0.4, -0.2) is 271 Å². The summed E-state index contributed by atoms with van der Waals surface area (Å²) in [6.07, 6.45) is -0.977. The van der Waals surface area contributed by atoms with Crippen LogP contribution in [0.4, 0.5) is 0 Å². The molecule has 0 saturated heterocycles. The number of aliphatic carboxylic acids is 2. The van der Waals surface area contributed by atoms with Crippen LogP contribution in [0.5, 0.6) is 0 Å². The predicted molar refractivity (Wildman–Crippen MR) is 401 cm³/mol. The number of primary amides is 1. The van der Waals surface area contributed by atoms with Crippen molar-refractivity contribution in [2.24, 2.45) is 62.1 Å². The summed E-state index contributed by atoms with van der Waals surface area (Å²) in [6.45, 7) is 6.33. The number of aromatic amines is 1. The molecule has 14 atom stereocenters. The number of aromatic nitrogens is 2. The number of guanidine groups is 2. The first-order chi connectivity index (χ1) is 53.2. The maximum atomic E-state index is 14.4. The average molecular weight is 1600 g/mol. The summed E-state index contributed by atoms with van der Waals surface area (Å²) in [5.41, 5.74) is 33.5. The van der Waals surface area contributed by atoms with Crippen molar-refractivity contribution in [2.45, 2.75) is 204 Å². The number of carboxylic acids is 2. The molecule has 1 aromatic carbocycles. The molecule has 32 N–H and O–H groups in total. The Morgan fingerprint density at radius 2 is 0.788 bits per heavy atom. The molecule has 630 valence electrons. The van der Waals surface area contributed by atoms with Gasteiger partial charge in [-0.15, -0.1) is 0 Å². The molecule has 1 heterocycles. The van der Waals surface area contributed by atoms with Gasteiger partial charge in [0.1, 0.15) is 84.6 Å². The average Bonchev–Trinajstić information content (AvgIpc) is 1.23. The van der Waals surface area contributed by atoms with Crippen molar-refractivity contribution in [3.05, 3.63) is 54.1 Å². The molecule has 45 heteroatoms. The number of rotatable bonds is 53. The van der Waals surface area contributed by atoms with Gasteiger partial charge in [0.15, 0.2) is 11.9 Å². The Labute approximate surface area is 650 Å². The molecule has 2 aromatic rings. The van der Waals surface area contributed by atoms with E-state index >= 15 is 0 Å². The molecule has 113 heavy (non-hydrogen) atoms. The summed E-state index contributed by atoms with van der Waals surface area (Å²) >= 11 is 0. The largest absolute Gasteiger partial charge is 0.481 e. The van der Waals surface area contributed by atoms with Gasteiger partial charge in [-0.3, -0.25) is 81.9 Å². The zero-order chi connectivity index (χ0) is 85.4. The number of amides is 14. The van der Waals surface area contributed by atoms with E-state index in [1.54, 1.807) is 58.0 Å². The van der Waals surface area contributed by atoms with Crippen LogP contribution in [0.15, 0.2) is 52.8 Å². The van der Waals surface area contributed by atoms with Gasteiger partial charge < -0.3 is 139 Å². The van der Waals surface area contributed by atoms with Crippen LogP contribution in [0.3, 0.4) is 0 Å². The van der Waals surface area contributed by atoms with Crippen LogP contribution in [0, 0.1) is 17.8 Å². The van der Waals surface area contributed by atoms with Crippen LogP contribution < -0.4 is 104 Å². The lowest BCUT2D eigenvalue weighted by molar-refractivity contribution is -0.142. The minimum absolute atomic E-state index is 0.00574. The lowest BCUT2D eigenvalue weighted by Crippen LogP contribution is -2.62. The number of hydrogen-bond acceptors (Lipinski definition) is 24. The second kappa shape index (κ2) is 50.2. The number of benzene rings is 1. The summed E-state index contributed by atoms with van der Waals surface area (Å²) < 4.78 is 0. The van der Waals surface area contributed by atoms with E-state index in [1.807, 2.05) is 0 Å². The number of aliphatic imine (C=N–C) groups is 2. The van der Waals surface area contributed by atoms with Gasteiger partial charge in [-0.1, -0.05) is 71.9 Å². The number of imidazole rings is 1. The monoisotopic (exact) mass is 1600 g/mol. The molecule has 0 bridgehead atoms. The Kier molecular flexibility index (Phi) is 43.3. The summed E-state index contributed by atoms with van der Waals surface area (Å²) in [7, 11) is 0. The van der Waals surface area contributed by atoms with E-state index in [2.05, 4.69) is 89.1 Å². The molecule has 0 spiro atoms. The molecular weight excluding hydrogens is 1490 g/mol. The van der Waals surface area contributed by atoms with Crippen molar-refractivity contribution in [3.8, 4) is 0 Å². The van der Waals surface area contributed by atoms with Gasteiger partial charge in [-0.05, 0) is 75.2 Å². The Balaban J connectivity index is 2.43. The number of aliphatic hydroxyl groups is 4. The third-order valence-electron chi connectivity index (χ3n) is 16.8. The molecule has 2 rings (SSSR count). The molecule has 0 fully saturated rings. The van der Waals surface area contributed by atoms with Crippen LogP contribution >= 0.6 is 0 Å². The molecule has 0 aliphatic carbocycles. The van der Waals surface area contributed by atoms with Crippen LogP contribution in [0.1, 0.15) is 118 Å². The number of carbonyl (C=O) groups is 16. The van der Waals surface area contributed by atoms with Crippen molar-refractivity contribution in [1.82, 2.24) is 79.1 Å². The molecule has 0 radical (unpaired) electrons. The SMILES string of the molecule is CC(C)C[C@H](NC(=O)[C@@H](NC(=O)[C@H](CCC(N)=O)NC(=O)[C@H](Cc1cnc[nH]1)NC(=O)[C@H](C)NC(=O)[C@H](CCCN=C(N)N)NC(=O)[C@H](CCC(=O)O)NC(=O)[C@H](CO)NC(=O)[C@H](CO)NC(=O)[C@H](CO)NC(=O)[C@H](Cc1ccccc1)NC(=O)[C@@H](NC(=O)[C@@H](N)CO)C(C)C)C(C)C)C(=O)N[C@@H](CCCN=C(N)N)C(=O)O. The number of aliphatic hydroxyl groups excluding tert-OH is 4. The number of nitrogens with zero attached hydrogens (tertiary/aromatic N) is 3. The zero-order valence-electron chi connectivity index (χ0n) is 63.9. The molecule has 14 amide bonds. The van der Waals surface area contributed by atoms with Crippen molar-refractivity contribution in [2.75, 3.05) is 39.5 Å². The number of nitrogens with one attached hydrogen (secondary N) is 14. The Hall–Kier alpha value is -11.7. The summed E-state index contributed by atoms with van der Waals surface area (Å²) in [4.78, 5) is 231. The molecular formula is C68H111N23O22. The van der Waals surface area contributed by atoms with Crippen LogP contribution in [-0.2, 0) is 89.6 Å². The van der Waals surface area contributed by atoms with E-state index < -0.39 is 243 Å². The van der Waals surface area contributed by atoms with E-state index in [0.717, 1.165) is 6.92 Å². The minimum atomic E-state index is -2.06. The van der Waals surface area contributed by atoms with Gasteiger partial charge in [-0.2, -0.15) is 0 Å². The fourth-order valence-corrected chi connectivity index (χ4v) is 10.6. The van der Waals surface area contributed by atoms with E-state index in [4.69, 9.17) is 34.4 Å². The third kappa shape index (κ3) is 36.3. The van der Waals surface area contributed by atoms with Gasteiger partial charge in [0.2, 0.25) is 82.7 Å². The minimum Gasteiger partial charge on any atom is -0.481 e. The normalized spacial score (nSPS) is 14.8. The number of H-pyrrole nitrogens is 1. The lowest BCUT2D eigenvalue weighted by Gasteiger charge is -2.29. The topological polar surface area (TPSA) is 760 Å². The number of hydrogen-bond donors (Lipinski definition) is 26. The van der Waals surface area contributed by atoms with Crippen molar-refractivity contribution < 1.29 is 107 Å². The molecule has 0 unspecified atom stereocenters. The lowest BCUT2D eigenvalue weighted by atomic mass is 9.98. The Morgan fingerprint density at radius 3 is 1.20 bits per heavy atom. The second-order valence-electron chi connectivity index (χ2n) is 27.4. The zero-order valence-corrected chi connectivity index (χ0v) is 63.9. The fraction of sp³-hybridized carbons (Fsp3) is 0.603. The quantitative estimate of drug-likeness (QED) is 0.0166. The second-order valence-corrected chi connectivity index (χ2v) is 27.4. The first-order valence-corrected chi connectivity index (χ1v) is 36.2. The molecule has 45 nitrogen and oxygen atoms in total. The fourth-order valence-electron chi connectivity index (χ4n) is 10.6. The van der Waals surface area contributed by atoms with E-state index in [0.29, 0.717) is 5.56 Å². The maximum absolute atomic E-state index is 14.4. The van der Waals surface area contributed by atoms with Crippen molar-refractivity contribution in [1.29, 1.82) is 0 Å². The van der Waals surface area contributed by atoms with E-state index in [1.165, 1.54) is 26.4 Å². The summed E-state index contributed by atoms with van der Waals surface area (Å²) in [6, 6.07) is -14.8. The molecule has 1 aromatic heterocycles. The predicted octanol–water partition coefficient (Wildman–Crippen LogP) is -10.5. The molecule has 0 aliphatic rings. The number of carbonyl (C=O) groups excluding carboxylic acids is 14. The Morgan fingerprint density at radius 1 is 0.416 bits per heavy atom. The Bertz CT molecular complexity index is 3580.